The van der Waals surface area contributed by atoms with Crippen molar-refractivity contribution < 1.29 is 0 Å². The van der Waals surface area contributed by atoms with E-state index in [0.29, 0.717) is 0 Å². The Morgan fingerprint density at radius 2 is 2.21 bits per heavy atom. The molecule has 0 aliphatic heterocycles. The SMILES string of the molecule is CCNCc1cncc(N(C)Cc2ccc(Cl)s2)n1. The highest BCUT2D eigenvalue weighted by Crippen LogP contribution is 2.23. The molecule has 0 bridgehead atoms. The van der Waals surface area contributed by atoms with Crippen LogP contribution in [0.25, 0.3) is 0 Å². The Morgan fingerprint density at radius 3 is 2.89 bits per heavy atom. The molecule has 2 heterocycles. The number of thiophene rings is 1. The van der Waals surface area contributed by atoms with Gasteiger partial charge in [-0.15, -0.1) is 11.3 Å². The van der Waals surface area contributed by atoms with Crippen LogP contribution in [0.4, 0.5) is 5.82 Å². The molecule has 0 spiro atoms. The Kier molecular flexibility index (Phi) is 5.13. The first-order chi connectivity index (χ1) is 9.19. The van der Waals surface area contributed by atoms with Crippen LogP contribution in [0.1, 0.15) is 17.5 Å². The molecule has 0 unspecified atom stereocenters. The van der Waals surface area contributed by atoms with E-state index >= 15 is 0 Å². The number of hydrogen-bond donors (Lipinski definition) is 1. The van der Waals surface area contributed by atoms with E-state index in [1.165, 1.54) is 4.88 Å². The Bertz CT molecular complexity index is 529. The van der Waals surface area contributed by atoms with Gasteiger partial charge < -0.3 is 10.2 Å². The van der Waals surface area contributed by atoms with E-state index in [1.807, 2.05) is 19.2 Å². The zero-order valence-electron chi connectivity index (χ0n) is 11.1. The van der Waals surface area contributed by atoms with Crippen molar-refractivity contribution in [2.24, 2.45) is 0 Å². The van der Waals surface area contributed by atoms with E-state index in [0.717, 1.165) is 35.5 Å². The average molecular weight is 297 g/mol. The molecular formula is C13H17ClN4S. The van der Waals surface area contributed by atoms with Crippen molar-refractivity contribution in [1.82, 2.24) is 15.3 Å². The van der Waals surface area contributed by atoms with E-state index in [4.69, 9.17) is 11.6 Å². The largest absolute Gasteiger partial charge is 0.353 e. The second kappa shape index (κ2) is 6.84. The summed E-state index contributed by atoms with van der Waals surface area (Å²) in [5, 5.41) is 3.25. The topological polar surface area (TPSA) is 41.1 Å². The van der Waals surface area contributed by atoms with Crippen LogP contribution in [-0.2, 0) is 13.1 Å². The number of rotatable bonds is 6. The van der Waals surface area contributed by atoms with Crippen LogP contribution in [0, 0.1) is 0 Å². The molecule has 0 fully saturated rings. The molecule has 0 amide bonds. The number of hydrogen-bond acceptors (Lipinski definition) is 5. The summed E-state index contributed by atoms with van der Waals surface area (Å²) in [7, 11) is 2.01. The lowest BCUT2D eigenvalue weighted by Gasteiger charge is -2.17. The van der Waals surface area contributed by atoms with Gasteiger partial charge in [-0.3, -0.25) is 4.98 Å². The maximum absolute atomic E-state index is 5.94. The van der Waals surface area contributed by atoms with Gasteiger partial charge in [0.2, 0.25) is 0 Å². The molecule has 0 aromatic carbocycles. The van der Waals surface area contributed by atoms with Gasteiger partial charge in [-0.05, 0) is 18.7 Å². The van der Waals surface area contributed by atoms with E-state index < -0.39 is 0 Å². The standard InChI is InChI=1S/C13H17ClN4S/c1-3-15-6-10-7-16-8-13(17-10)18(2)9-11-4-5-12(14)19-11/h4-5,7-8,15H,3,6,9H2,1-2H3. The minimum atomic E-state index is 0.746. The first kappa shape index (κ1) is 14.2. The quantitative estimate of drug-likeness (QED) is 0.890. The maximum atomic E-state index is 5.94. The minimum absolute atomic E-state index is 0.746. The zero-order chi connectivity index (χ0) is 13.7. The predicted octanol–water partition coefficient (Wildman–Crippen LogP) is 2.94. The van der Waals surface area contributed by atoms with E-state index in [1.54, 1.807) is 23.7 Å². The van der Waals surface area contributed by atoms with Crippen LogP contribution >= 0.6 is 22.9 Å². The Balaban J connectivity index is 2.03. The van der Waals surface area contributed by atoms with Crippen molar-refractivity contribution in [3.8, 4) is 0 Å². The van der Waals surface area contributed by atoms with Gasteiger partial charge in [0.1, 0.15) is 5.82 Å². The fraction of sp³-hybridized carbons (Fsp3) is 0.385. The lowest BCUT2D eigenvalue weighted by atomic mass is 10.4. The van der Waals surface area contributed by atoms with Gasteiger partial charge in [0.05, 0.1) is 22.8 Å². The summed E-state index contributed by atoms with van der Waals surface area (Å²) in [5.41, 5.74) is 0.954. The molecule has 2 rings (SSSR count). The van der Waals surface area contributed by atoms with Crippen LogP contribution < -0.4 is 10.2 Å². The lowest BCUT2D eigenvalue weighted by molar-refractivity contribution is 0.704. The van der Waals surface area contributed by atoms with Crippen LogP contribution in [0.5, 0.6) is 0 Å². The van der Waals surface area contributed by atoms with Gasteiger partial charge in [-0.25, -0.2) is 4.98 Å². The Labute approximate surface area is 122 Å². The zero-order valence-corrected chi connectivity index (χ0v) is 12.6. The molecule has 1 N–H and O–H groups in total. The maximum Gasteiger partial charge on any atom is 0.147 e. The smallest absolute Gasteiger partial charge is 0.147 e. The second-order valence-corrected chi connectivity index (χ2v) is 6.01. The fourth-order valence-electron chi connectivity index (χ4n) is 1.67. The summed E-state index contributed by atoms with van der Waals surface area (Å²) < 4.78 is 0.815. The molecule has 2 aromatic rings. The third kappa shape index (κ3) is 4.16. The van der Waals surface area contributed by atoms with Gasteiger partial charge in [-0.1, -0.05) is 18.5 Å². The van der Waals surface area contributed by atoms with Gasteiger partial charge in [-0.2, -0.15) is 0 Å². The highest BCUT2D eigenvalue weighted by Gasteiger charge is 2.07. The average Bonchev–Trinajstić information content (AvgIpc) is 2.82. The molecule has 0 aliphatic rings. The van der Waals surface area contributed by atoms with Gasteiger partial charge >= 0.3 is 0 Å². The highest BCUT2D eigenvalue weighted by molar-refractivity contribution is 7.16. The van der Waals surface area contributed by atoms with E-state index in [9.17, 15) is 0 Å². The highest BCUT2D eigenvalue weighted by atomic mass is 35.5. The van der Waals surface area contributed by atoms with E-state index in [2.05, 4.69) is 27.1 Å². The summed E-state index contributed by atoms with van der Waals surface area (Å²) in [4.78, 5) is 12.1. The number of halogens is 1. The molecule has 0 saturated heterocycles. The summed E-state index contributed by atoms with van der Waals surface area (Å²) in [6.07, 6.45) is 3.58. The summed E-state index contributed by atoms with van der Waals surface area (Å²) >= 11 is 7.53. The molecule has 6 heteroatoms. The minimum Gasteiger partial charge on any atom is -0.353 e. The molecule has 102 valence electrons. The Morgan fingerprint density at radius 1 is 1.37 bits per heavy atom. The van der Waals surface area contributed by atoms with Gasteiger partial charge in [0.15, 0.2) is 0 Å². The summed E-state index contributed by atoms with van der Waals surface area (Å²) in [5.74, 6) is 0.875. The number of aromatic nitrogens is 2. The lowest BCUT2D eigenvalue weighted by Crippen LogP contribution is -2.19. The third-order valence-corrected chi connectivity index (χ3v) is 3.86. The number of anilines is 1. The van der Waals surface area contributed by atoms with Crippen LogP contribution in [0.2, 0.25) is 4.34 Å². The van der Waals surface area contributed by atoms with Crippen molar-refractivity contribution in [1.29, 1.82) is 0 Å². The predicted molar refractivity (Wildman–Crippen MR) is 80.8 cm³/mol. The molecule has 2 aromatic heterocycles. The number of nitrogens with zero attached hydrogens (tertiary/aromatic N) is 3. The van der Waals surface area contributed by atoms with Crippen LogP contribution in [0.15, 0.2) is 24.5 Å². The van der Waals surface area contributed by atoms with Crippen molar-refractivity contribution in [3.05, 3.63) is 39.4 Å². The van der Waals surface area contributed by atoms with Crippen LogP contribution in [0.3, 0.4) is 0 Å². The summed E-state index contributed by atoms with van der Waals surface area (Å²) in [6.45, 7) is 4.53. The monoisotopic (exact) mass is 296 g/mol. The normalized spacial score (nSPS) is 10.7. The molecule has 19 heavy (non-hydrogen) atoms. The first-order valence-electron chi connectivity index (χ1n) is 6.16. The summed E-state index contributed by atoms with van der Waals surface area (Å²) in [6, 6.07) is 3.96. The van der Waals surface area contributed by atoms with Crippen molar-refractivity contribution in [2.45, 2.75) is 20.0 Å². The molecule has 0 aliphatic carbocycles. The molecule has 0 radical (unpaired) electrons. The third-order valence-electron chi connectivity index (χ3n) is 2.64. The first-order valence-corrected chi connectivity index (χ1v) is 7.35. The second-order valence-electron chi connectivity index (χ2n) is 4.21. The Hall–Kier alpha value is -1.17. The van der Waals surface area contributed by atoms with Crippen molar-refractivity contribution >= 4 is 28.8 Å². The van der Waals surface area contributed by atoms with E-state index in [-0.39, 0.29) is 0 Å². The molecule has 0 atom stereocenters. The van der Waals surface area contributed by atoms with Crippen LogP contribution in [-0.4, -0.2) is 23.6 Å². The van der Waals surface area contributed by atoms with Crippen molar-refractivity contribution in [2.75, 3.05) is 18.5 Å². The fourth-order valence-corrected chi connectivity index (χ4v) is 2.81. The molecule has 0 saturated carbocycles. The molecular weight excluding hydrogens is 280 g/mol. The van der Waals surface area contributed by atoms with Crippen molar-refractivity contribution in [3.63, 3.8) is 0 Å². The molecule has 4 nitrogen and oxygen atoms in total. The van der Waals surface area contributed by atoms with Gasteiger partial charge in [0.25, 0.3) is 0 Å². The number of nitrogens with one attached hydrogen (secondary N) is 1. The van der Waals surface area contributed by atoms with Gasteiger partial charge in [0, 0.05) is 24.7 Å².